The summed E-state index contributed by atoms with van der Waals surface area (Å²) in [7, 11) is 0. The molecule has 1 amide bonds. The van der Waals surface area contributed by atoms with Gasteiger partial charge in [-0.05, 0) is 54.6 Å². The zero-order valence-corrected chi connectivity index (χ0v) is 22.9. The van der Waals surface area contributed by atoms with Gasteiger partial charge in [0.2, 0.25) is 0 Å². The Labute approximate surface area is 238 Å². The summed E-state index contributed by atoms with van der Waals surface area (Å²) in [5.41, 5.74) is 2.47. The SMILES string of the molecule is C=CCOc1cccc(C(=O)N2CCN(c3ccc(OCC4COC(c5ccc(Cl)cc5Cl)O4)cc3)CC2)c1. The van der Waals surface area contributed by atoms with Crippen LogP contribution in [0.5, 0.6) is 11.5 Å². The smallest absolute Gasteiger partial charge is 0.254 e. The largest absolute Gasteiger partial charge is 0.491 e. The topological polar surface area (TPSA) is 60.5 Å². The van der Waals surface area contributed by atoms with Crippen LogP contribution in [0.25, 0.3) is 0 Å². The van der Waals surface area contributed by atoms with Gasteiger partial charge >= 0.3 is 0 Å². The van der Waals surface area contributed by atoms with E-state index in [-0.39, 0.29) is 12.0 Å². The Hall–Kier alpha value is -3.23. The van der Waals surface area contributed by atoms with E-state index in [4.69, 9.17) is 42.1 Å². The molecule has 0 saturated carbocycles. The van der Waals surface area contributed by atoms with Crippen LogP contribution in [0.1, 0.15) is 22.2 Å². The van der Waals surface area contributed by atoms with Gasteiger partial charge in [-0.1, -0.05) is 48.0 Å². The molecule has 5 rings (SSSR count). The Balaban J connectivity index is 1.08. The van der Waals surface area contributed by atoms with E-state index in [2.05, 4.69) is 11.5 Å². The van der Waals surface area contributed by atoms with Crippen molar-refractivity contribution in [2.75, 3.05) is 50.9 Å². The molecule has 0 N–H and O–H groups in total. The van der Waals surface area contributed by atoms with Crippen molar-refractivity contribution in [2.24, 2.45) is 0 Å². The molecule has 3 aromatic carbocycles. The number of hydrogen-bond acceptors (Lipinski definition) is 6. The van der Waals surface area contributed by atoms with Crippen molar-refractivity contribution >= 4 is 34.8 Å². The Morgan fingerprint density at radius 2 is 1.77 bits per heavy atom. The van der Waals surface area contributed by atoms with E-state index in [1.807, 2.05) is 53.4 Å². The molecule has 0 spiro atoms. The van der Waals surface area contributed by atoms with Crippen molar-refractivity contribution < 1.29 is 23.7 Å². The van der Waals surface area contributed by atoms with Crippen LogP contribution in [0.15, 0.2) is 79.4 Å². The molecule has 2 atom stereocenters. The number of nitrogens with zero attached hydrogens (tertiary/aromatic N) is 2. The highest BCUT2D eigenvalue weighted by Gasteiger charge is 2.29. The Kier molecular flexibility index (Phi) is 8.94. The molecule has 0 bridgehead atoms. The molecule has 9 heteroatoms. The van der Waals surface area contributed by atoms with Gasteiger partial charge in [-0.3, -0.25) is 4.79 Å². The first-order valence-corrected chi connectivity index (χ1v) is 13.6. The predicted molar refractivity (Wildman–Crippen MR) is 152 cm³/mol. The van der Waals surface area contributed by atoms with Crippen LogP contribution in [-0.2, 0) is 9.47 Å². The number of ether oxygens (including phenoxy) is 4. The first-order valence-electron chi connectivity index (χ1n) is 12.8. The van der Waals surface area contributed by atoms with E-state index in [1.54, 1.807) is 24.3 Å². The van der Waals surface area contributed by atoms with E-state index in [0.29, 0.717) is 54.3 Å². The molecule has 7 nitrogen and oxygen atoms in total. The van der Waals surface area contributed by atoms with Gasteiger partial charge in [0, 0.05) is 48.0 Å². The van der Waals surface area contributed by atoms with Gasteiger partial charge in [0.05, 0.1) is 11.6 Å². The first-order chi connectivity index (χ1) is 19.0. The summed E-state index contributed by atoms with van der Waals surface area (Å²) in [6.45, 7) is 7.63. The Morgan fingerprint density at radius 3 is 2.51 bits per heavy atom. The number of anilines is 1. The summed E-state index contributed by atoms with van der Waals surface area (Å²) in [6, 6.07) is 20.5. The monoisotopic (exact) mass is 568 g/mol. The van der Waals surface area contributed by atoms with Crippen molar-refractivity contribution in [3.05, 3.63) is 101 Å². The molecule has 0 aliphatic carbocycles. The van der Waals surface area contributed by atoms with Gasteiger partial charge in [-0.2, -0.15) is 0 Å². The van der Waals surface area contributed by atoms with Gasteiger partial charge < -0.3 is 28.7 Å². The van der Waals surface area contributed by atoms with E-state index in [9.17, 15) is 4.79 Å². The third-order valence-electron chi connectivity index (χ3n) is 6.62. The Bertz CT molecular complexity index is 1290. The number of rotatable bonds is 9. The molecule has 0 aromatic heterocycles. The van der Waals surface area contributed by atoms with Crippen LogP contribution in [0.2, 0.25) is 10.0 Å². The van der Waals surface area contributed by atoms with Crippen LogP contribution < -0.4 is 14.4 Å². The maximum absolute atomic E-state index is 13.0. The standard InChI is InChI=1S/C30H30Cl2N2O5/c1-2-16-36-25-5-3-4-21(17-25)29(35)34-14-12-33(13-15-34)23-7-9-24(10-8-23)37-19-26-20-38-30(39-26)27-11-6-22(31)18-28(27)32/h2-11,17-18,26,30H,1,12-16,19-20H2. The third-order valence-corrected chi connectivity index (χ3v) is 7.18. The second-order valence-electron chi connectivity index (χ2n) is 9.30. The fraction of sp³-hybridized carbons (Fsp3) is 0.300. The van der Waals surface area contributed by atoms with Crippen LogP contribution >= 0.6 is 23.2 Å². The second kappa shape index (κ2) is 12.7. The molecule has 0 radical (unpaired) electrons. The molecule has 2 heterocycles. The number of amides is 1. The highest BCUT2D eigenvalue weighted by Crippen LogP contribution is 2.33. The molecule has 3 aromatic rings. The lowest BCUT2D eigenvalue weighted by Crippen LogP contribution is -2.48. The number of benzene rings is 3. The molecular weight excluding hydrogens is 539 g/mol. The van der Waals surface area contributed by atoms with Crippen LogP contribution in [-0.4, -0.2) is 62.9 Å². The van der Waals surface area contributed by atoms with E-state index in [1.165, 1.54) is 0 Å². The number of halogens is 2. The number of carbonyl (C=O) groups excluding carboxylic acids is 1. The van der Waals surface area contributed by atoms with Crippen molar-refractivity contribution in [1.82, 2.24) is 4.90 Å². The number of carbonyl (C=O) groups is 1. The highest BCUT2D eigenvalue weighted by molar-refractivity contribution is 6.35. The van der Waals surface area contributed by atoms with Gasteiger partial charge in [0.15, 0.2) is 6.29 Å². The lowest BCUT2D eigenvalue weighted by atomic mass is 10.1. The quantitative estimate of drug-likeness (QED) is 0.294. The van der Waals surface area contributed by atoms with Crippen molar-refractivity contribution in [2.45, 2.75) is 12.4 Å². The molecule has 2 unspecified atom stereocenters. The maximum Gasteiger partial charge on any atom is 0.254 e. The number of piperazine rings is 1. The van der Waals surface area contributed by atoms with Gasteiger partial charge in [0.25, 0.3) is 5.91 Å². The molecule has 2 fully saturated rings. The Morgan fingerprint density at radius 1 is 0.974 bits per heavy atom. The van der Waals surface area contributed by atoms with Crippen molar-refractivity contribution in [1.29, 1.82) is 0 Å². The molecular formula is C30H30Cl2N2O5. The summed E-state index contributed by atoms with van der Waals surface area (Å²) in [5.74, 6) is 1.43. The summed E-state index contributed by atoms with van der Waals surface area (Å²) >= 11 is 12.3. The molecule has 2 aliphatic heterocycles. The molecule has 2 saturated heterocycles. The normalized spacial score (nSPS) is 19.1. The van der Waals surface area contributed by atoms with Gasteiger partial charge in [0.1, 0.15) is 30.8 Å². The van der Waals surface area contributed by atoms with Gasteiger partial charge in [-0.15, -0.1) is 0 Å². The lowest BCUT2D eigenvalue weighted by molar-refractivity contribution is -0.0658. The van der Waals surface area contributed by atoms with Crippen LogP contribution in [0.4, 0.5) is 5.69 Å². The van der Waals surface area contributed by atoms with E-state index in [0.717, 1.165) is 30.1 Å². The minimum absolute atomic E-state index is 0.0149. The summed E-state index contributed by atoms with van der Waals surface area (Å²) in [6.07, 6.45) is 0.938. The zero-order valence-electron chi connectivity index (χ0n) is 21.4. The average molecular weight is 569 g/mol. The van der Waals surface area contributed by atoms with Crippen molar-refractivity contribution in [3.63, 3.8) is 0 Å². The van der Waals surface area contributed by atoms with Crippen molar-refractivity contribution in [3.8, 4) is 11.5 Å². The highest BCUT2D eigenvalue weighted by atomic mass is 35.5. The average Bonchev–Trinajstić information content (AvgIpc) is 3.44. The summed E-state index contributed by atoms with van der Waals surface area (Å²) in [4.78, 5) is 17.2. The molecule has 204 valence electrons. The van der Waals surface area contributed by atoms with E-state index < -0.39 is 6.29 Å². The van der Waals surface area contributed by atoms with E-state index >= 15 is 0 Å². The lowest BCUT2D eigenvalue weighted by Gasteiger charge is -2.36. The fourth-order valence-electron chi connectivity index (χ4n) is 4.56. The minimum Gasteiger partial charge on any atom is -0.491 e. The van der Waals surface area contributed by atoms with Crippen LogP contribution in [0.3, 0.4) is 0 Å². The predicted octanol–water partition coefficient (Wildman–Crippen LogP) is 6.01. The van der Waals surface area contributed by atoms with Crippen LogP contribution in [0, 0.1) is 0 Å². The fourth-order valence-corrected chi connectivity index (χ4v) is 5.06. The maximum atomic E-state index is 13.0. The third kappa shape index (κ3) is 6.86. The summed E-state index contributed by atoms with van der Waals surface area (Å²) < 4.78 is 23.2. The first kappa shape index (κ1) is 27.3. The number of hydrogen-bond donors (Lipinski definition) is 0. The summed E-state index contributed by atoms with van der Waals surface area (Å²) in [5, 5.41) is 1.08. The van der Waals surface area contributed by atoms with Gasteiger partial charge in [-0.25, -0.2) is 0 Å². The molecule has 2 aliphatic rings. The second-order valence-corrected chi connectivity index (χ2v) is 10.1. The molecule has 39 heavy (non-hydrogen) atoms. The minimum atomic E-state index is -0.536. The zero-order chi connectivity index (χ0) is 27.2.